The van der Waals surface area contributed by atoms with Gasteiger partial charge in [-0.1, -0.05) is 15.9 Å². The first-order valence-electron chi connectivity index (χ1n) is 6.55. The molecule has 0 aliphatic carbocycles. The Bertz CT molecular complexity index is 405. The number of carbonyl (C=O) groups excluding carboxylic acids is 1. The van der Waals surface area contributed by atoms with Crippen molar-refractivity contribution in [3.63, 3.8) is 0 Å². The number of halogens is 1. The highest BCUT2D eigenvalue weighted by molar-refractivity contribution is 9.10. The van der Waals surface area contributed by atoms with Crippen LogP contribution in [0.4, 0.5) is 5.69 Å². The molecule has 0 spiro atoms. The van der Waals surface area contributed by atoms with E-state index in [4.69, 9.17) is 0 Å². The van der Waals surface area contributed by atoms with Crippen LogP contribution in [0.25, 0.3) is 0 Å². The highest BCUT2D eigenvalue weighted by Gasteiger charge is 2.23. The van der Waals surface area contributed by atoms with E-state index in [-0.39, 0.29) is 5.91 Å². The highest BCUT2D eigenvalue weighted by atomic mass is 79.9. The second-order valence-corrected chi connectivity index (χ2v) is 5.95. The fourth-order valence-corrected chi connectivity index (χ4v) is 2.72. The van der Waals surface area contributed by atoms with Crippen LogP contribution in [0.3, 0.4) is 0 Å². The Balaban J connectivity index is 1.86. The Labute approximate surface area is 117 Å². The lowest BCUT2D eigenvalue weighted by molar-refractivity contribution is -0.920. The quantitative estimate of drug-likeness (QED) is 0.877. The summed E-state index contributed by atoms with van der Waals surface area (Å²) in [5, 5.41) is 2.96. The summed E-state index contributed by atoms with van der Waals surface area (Å²) >= 11 is 3.38. The number of carbonyl (C=O) groups is 1. The van der Waals surface area contributed by atoms with Crippen molar-refractivity contribution in [2.24, 2.45) is 0 Å². The van der Waals surface area contributed by atoms with Crippen LogP contribution in [0.1, 0.15) is 26.2 Å². The third-order valence-electron chi connectivity index (χ3n) is 3.60. The summed E-state index contributed by atoms with van der Waals surface area (Å²) in [5.41, 5.74) is 0.868. The topological polar surface area (TPSA) is 33.5 Å². The summed E-state index contributed by atoms with van der Waals surface area (Å²) in [6.07, 6.45) is 3.78. The molecular weight excluding hydrogens is 292 g/mol. The third kappa shape index (κ3) is 3.82. The van der Waals surface area contributed by atoms with Crippen LogP contribution < -0.4 is 10.2 Å². The van der Waals surface area contributed by atoms with Gasteiger partial charge in [-0.25, -0.2) is 0 Å². The Morgan fingerprint density at radius 2 is 2.11 bits per heavy atom. The van der Waals surface area contributed by atoms with Gasteiger partial charge in [-0.3, -0.25) is 4.79 Å². The van der Waals surface area contributed by atoms with Gasteiger partial charge in [0.1, 0.15) is 0 Å². The molecule has 1 aromatic carbocycles. The molecule has 1 fully saturated rings. The van der Waals surface area contributed by atoms with Crippen molar-refractivity contribution in [3.05, 3.63) is 28.7 Å². The predicted octanol–water partition coefficient (Wildman–Crippen LogP) is 1.84. The maximum absolute atomic E-state index is 12.0. The van der Waals surface area contributed by atoms with Crippen molar-refractivity contribution in [2.45, 2.75) is 32.2 Å². The average Bonchev–Trinajstić information content (AvgIpc) is 2.35. The van der Waals surface area contributed by atoms with Crippen molar-refractivity contribution < 1.29 is 9.69 Å². The first-order chi connectivity index (χ1) is 8.65. The van der Waals surface area contributed by atoms with Crippen LogP contribution >= 0.6 is 15.9 Å². The Hall–Kier alpha value is -0.870. The monoisotopic (exact) mass is 311 g/mol. The summed E-state index contributed by atoms with van der Waals surface area (Å²) in [6.45, 7) is 3.94. The van der Waals surface area contributed by atoms with Gasteiger partial charge in [-0.2, -0.15) is 0 Å². The molecule has 2 atom stereocenters. The highest BCUT2D eigenvalue weighted by Crippen LogP contribution is 2.13. The van der Waals surface area contributed by atoms with Gasteiger partial charge in [0, 0.05) is 10.2 Å². The number of piperidine rings is 1. The first-order valence-corrected chi connectivity index (χ1v) is 7.34. The molecule has 18 heavy (non-hydrogen) atoms. The molecule has 98 valence electrons. The Morgan fingerprint density at radius 1 is 1.39 bits per heavy atom. The molecule has 0 aromatic heterocycles. The van der Waals surface area contributed by atoms with E-state index in [9.17, 15) is 4.79 Å². The molecular formula is C14H20BrN2O+. The number of nitrogens with one attached hydrogen (secondary N) is 2. The zero-order valence-corrected chi connectivity index (χ0v) is 12.3. The summed E-state index contributed by atoms with van der Waals surface area (Å²) in [7, 11) is 0. The number of quaternary nitrogens is 1. The van der Waals surface area contributed by atoms with E-state index >= 15 is 0 Å². The molecule has 1 saturated heterocycles. The van der Waals surface area contributed by atoms with E-state index in [0.717, 1.165) is 16.7 Å². The molecule has 1 heterocycles. The second kappa shape index (κ2) is 6.34. The van der Waals surface area contributed by atoms with E-state index in [0.29, 0.717) is 12.6 Å². The van der Waals surface area contributed by atoms with Gasteiger partial charge in [-0.15, -0.1) is 0 Å². The standard InChI is InChI=1S/C14H19BrN2O/c1-11-4-2-3-9-17(11)10-14(18)16-13-7-5-12(15)6-8-13/h5-8,11H,2-4,9-10H2,1H3,(H,16,18)/p+1/t11-/m0/s1. The lowest BCUT2D eigenvalue weighted by Gasteiger charge is -2.29. The van der Waals surface area contributed by atoms with Gasteiger partial charge >= 0.3 is 0 Å². The van der Waals surface area contributed by atoms with Gasteiger partial charge in [-0.05, 0) is 50.5 Å². The summed E-state index contributed by atoms with van der Waals surface area (Å²) < 4.78 is 1.02. The second-order valence-electron chi connectivity index (χ2n) is 5.04. The smallest absolute Gasteiger partial charge is 0.279 e. The van der Waals surface area contributed by atoms with E-state index in [1.54, 1.807) is 0 Å². The lowest BCUT2D eigenvalue weighted by atomic mass is 10.0. The predicted molar refractivity (Wildman–Crippen MR) is 76.8 cm³/mol. The average molecular weight is 312 g/mol. The largest absolute Gasteiger partial charge is 0.325 e. The molecule has 1 aromatic rings. The van der Waals surface area contributed by atoms with Crippen molar-refractivity contribution in [1.82, 2.24) is 0 Å². The number of hydrogen-bond donors (Lipinski definition) is 2. The van der Waals surface area contributed by atoms with Crippen LogP contribution in [0.2, 0.25) is 0 Å². The molecule has 0 radical (unpaired) electrons. The maximum Gasteiger partial charge on any atom is 0.279 e. The van der Waals surface area contributed by atoms with Crippen molar-refractivity contribution >= 4 is 27.5 Å². The SMILES string of the molecule is C[C@H]1CCCC[NH+]1CC(=O)Nc1ccc(Br)cc1. The minimum Gasteiger partial charge on any atom is -0.325 e. The van der Waals surface area contributed by atoms with Gasteiger partial charge in [0.15, 0.2) is 6.54 Å². The number of likely N-dealkylation sites (tertiary alicyclic amines) is 1. The Kier molecular flexibility index (Phi) is 4.78. The van der Waals surface area contributed by atoms with E-state index in [2.05, 4.69) is 28.2 Å². The molecule has 3 nitrogen and oxygen atoms in total. The van der Waals surface area contributed by atoms with Gasteiger partial charge in [0.2, 0.25) is 0 Å². The molecule has 2 N–H and O–H groups in total. The minimum absolute atomic E-state index is 0.112. The van der Waals surface area contributed by atoms with Crippen LogP contribution in [0.5, 0.6) is 0 Å². The van der Waals surface area contributed by atoms with E-state index < -0.39 is 0 Å². The molecule has 4 heteroatoms. The van der Waals surface area contributed by atoms with Crippen molar-refractivity contribution in [3.8, 4) is 0 Å². The van der Waals surface area contributed by atoms with Crippen molar-refractivity contribution in [1.29, 1.82) is 0 Å². The summed E-state index contributed by atoms with van der Waals surface area (Å²) in [6, 6.07) is 8.31. The fourth-order valence-electron chi connectivity index (χ4n) is 2.46. The molecule has 1 aliphatic heterocycles. The zero-order valence-electron chi connectivity index (χ0n) is 10.7. The minimum atomic E-state index is 0.112. The third-order valence-corrected chi connectivity index (χ3v) is 4.13. The number of rotatable bonds is 3. The molecule has 1 unspecified atom stereocenters. The van der Waals surface area contributed by atoms with Crippen LogP contribution in [-0.2, 0) is 4.79 Å². The number of hydrogen-bond acceptors (Lipinski definition) is 1. The zero-order chi connectivity index (χ0) is 13.0. The summed E-state index contributed by atoms with van der Waals surface area (Å²) in [4.78, 5) is 13.4. The van der Waals surface area contributed by atoms with Gasteiger partial charge < -0.3 is 10.2 Å². The van der Waals surface area contributed by atoms with Crippen LogP contribution in [0.15, 0.2) is 28.7 Å². The maximum atomic E-state index is 12.0. The Morgan fingerprint density at radius 3 is 2.78 bits per heavy atom. The van der Waals surface area contributed by atoms with E-state index in [1.807, 2.05) is 24.3 Å². The molecule has 1 amide bonds. The number of benzene rings is 1. The number of amides is 1. The van der Waals surface area contributed by atoms with Crippen molar-refractivity contribution in [2.75, 3.05) is 18.4 Å². The number of anilines is 1. The van der Waals surface area contributed by atoms with Crippen LogP contribution in [0, 0.1) is 0 Å². The van der Waals surface area contributed by atoms with E-state index in [1.165, 1.54) is 24.2 Å². The molecule has 2 rings (SSSR count). The molecule has 0 bridgehead atoms. The summed E-state index contributed by atoms with van der Waals surface area (Å²) in [5.74, 6) is 0.112. The first kappa shape index (κ1) is 13.6. The van der Waals surface area contributed by atoms with Crippen LogP contribution in [-0.4, -0.2) is 25.0 Å². The normalized spacial score (nSPS) is 23.7. The lowest BCUT2D eigenvalue weighted by Crippen LogP contribution is -3.17. The van der Waals surface area contributed by atoms with Gasteiger partial charge in [0.25, 0.3) is 5.91 Å². The van der Waals surface area contributed by atoms with Gasteiger partial charge in [0.05, 0.1) is 12.6 Å². The molecule has 1 aliphatic rings. The molecule has 0 saturated carbocycles. The fraction of sp³-hybridized carbons (Fsp3) is 0.500.